The van der Waals surface area contributed by atoms with E-state index >= 15 is 0 Å². The second kappa shape index (κ2) is 8.36. The molecule has 0 radical (unpaired) electrons. The molecule has 0 spiro atoms. The predicted molar refractivity (Wildman–Crippen MR) is 77.1 cm³/mol. The Kier molecular flexibility index (Phi) is 6.81. The van der Waals surface area contributed by atoms with Crippen LogP contribution >= 0.6 is 0 Å². The summed E-state index contributed by atoms with van der Waals surface area (Å²) < 4.78 is 26.3. The summed E-state index contributed by atoms with van der Waals surface area (Å²) >= 11 is 0. The lowest BCUT2D eigenvalue weighted by Gasteiger charge is -2.19. The van der Waals surface area contributed by atoms with Crippen LogP contribution in [-0.4, -0.2) is 41.0 Å². The minimum absolute atomic E-state index is 0.238. The van der Waals surface area contributed by atoms with Gasteiger partial charge in [-0.2, -0.15) is 0 Å². The Morgan fingerprint density at radius 2 is 1.62 bits per heavy atom. The van der Waals surface area contributed by atoms with Gasteiger partial charge >= 0.3 is 5.97 Å². The van der Waals surface area contributed by atoms with Crippen molar-refractivity contribution in [1.82, 2.24) is 0 Å². The van der Waals surface area contributed by atoms with Crippen LogP contribution < -0.4 is 14.2 Å². The van der Waals surface area contributed by atoms with E-state index in [0.717, 1.165) is 5.56 Å². The Morgan fingerprint density at radius 3 is 2.00 bits per heavy atom. The number of ether oxygens (including phenoxy) is 5. The van der Waals surface area contributed by atoms with Gasteiger partial charge in [0.05, 0.1) is 34.0 Å². The Hall–Kier alpha value is -1.95. The lowest BCUT2D eigenvalue weighted by atomic mass is 10.1. The molecule has 0 aliphatic rings. The number of hydrogen-bond donors (Lipinski definition) is 0. The van der Waals surface area contributed by atoms with E-state index in [9.17, 15) is 4.79 Å². The minimum Gasteiger partial charge on any atom is -0.493 e. The van der Waals surface area contributed by atoms with Crippen molar-refractivity contribution in [3.05, 3.63) is 17.7 Å². The Balaban J connectivity index is 3.00. The molecule has 0 heterocycles. The van der Waals surface area contributed by atoms with Crippen LogP contribution in [0.15, 0.2) is 12.1 Å². The smallest absolute Gasteiger partial charge is 0.302 e. The van der Waals surface area contributed by atoms with Crippen LogP contribution in [-0.2, 0) is 14.3 Å². The van der Waals surface area contributed by atoms with E-state index in [0.29, 0.717) is 23.7 Å². The zero-order valence-corrected chi connectivity index (χ0v) is 13.1. The summed E-state index contributed by atoms with van der Waals surface area (Å²) in [6.45, 7) is 1.66. The van der Waals surface area contributed by atoms with Crippen LogP contribution in [0.2, 0.25) is 0 Å². The average molecular weight is 298 g/mol. The summed E-state index contributed by atoms with van der Waals surface area (Å²) in [6.07, 6.45) is 0.299. The van der Waals surface area contributed by atoms with Crippen LogP contribution in [0.3, 0.4) is 0 Å². The first-order chi connectivity index (χ1) is 10.1. The molecular weight excluding hydrogens is 276 g/mol. The first-order valence-corrected chi connectivity index (χ1v) is 6.53. The molecule has 1 aromatic rings. The lowest BCUT2D eigenvalue weighted by Crippen LogP contribution is -2.09. The fourth-order valence-electron chi connectivity index (χ4n) is 2.02. The molecule has 1 aromatic carbocycles. The van der Waals surface area contributed by atoms with Crippen molar-refractivity contribution in [2.75, 3.05) is 35.0 Å². The van der Waals surface area contributed by atoms with E-state index in [1.54, 1.807) is 28.4 Å². The number of hydrogen-bond acceptors (Lipinski definition) is 6. The van der Waals surface area contributed by atoms with Gasteiger partial charge in [0, 0.05) is 20.5 Å². The fourth-order valence-corrected chi connectivity index (χ4v) is 2.02. The van der Waals surface area contributed by atoms with Gasteiger partial charge in [0.2, 0.25) is 5.75 Å². The number of carbonyl (C=O) groups is 1. The second-order valence-corrected chi connectivity index (χ2v) is 4.31. The standard InChI is InChI=1S/C15H22O6/c1-10(16)21-7-6-12(17-2)11-8-13(18-3)15(20-5)14(9-11)19-4/h8-9,12H,6-7H2,1-5H3/t12-/m1/s1. The summed E-state index contributed by atoms with van der Waals surface area (Å²) in [4.78, 5) is 10.8. The summed E-state index contributed by atoms with van der Waals surface area (Å²) in [5, 5.41) is 0. The van der Waals surface area contributed by atoms with Gasteiger partial charge in [0.1, 0.15) is 0 Å². The number of rotatable bonds is 8. The first-order valence-electron chi connectivity index (χ1n) is 6.53. The van der Waals surface area contributed by atoms with Gasteiger partial charge in [0.15, 0.2) is 11.5 Å². The highest BCUT2D eigenvalue weighted by atomic mass is 16.5. The molecule has 0 amide bonds. The highest BCUT2D eigenvalue weighted by Gasteiger charge is 2.18. The molecule has 0 saturated heterocycles. The fraction of sp³-hybridized carbons (Fsp3) is 0.533. The van der Waals surface area contributed by atoms with Crippen molar-refractivity contribution in [3.8, 4) is 17.2 Å². The Bertz CT molecular complexity index is 446. The highest BCUT2D eigenvalue weighted by Crippen LogP contribution is 2.40. The van der Waals surface area contributed by atoms with Crippen LogP contribution in [0.5, 0.6) is 17.2 Å². The van der Waals surface area contributed by atoms with Gasteiger partial charge in [0.25, 0.3) is 0 Å². The molecule has 0 N–H and O–H groups in total. The van der Waals surface area contributed by atoms with Crippen LogP contribution in [0.4, 0.5) is 0 Å². The third-order valence-corrected chi connectivity index (χ3v) is 3.03. The number of esters is 1. The highest BCUT2D eigenvalue weighted by molar-refractivity contribution is 5.65. The molecule has 1 rings (SSSR count). The average Bonchev–Trinajstić information content (AvgIpc) is 2.49. The maximum Gasteiger partial charge on any atom is 0.302 e. The molecule has 6 heteroatoms. The van der Waals surface area contributed by atoms with Gasteiger partial charge in [-0.25, -0.2) is 0 Å². The van der Waals surface area contributed by atoms with Gasteiger partial charge < -0.3 is 23.7 Å². The van der Waals surface area contributed by atoms with Gasteiger partial charge in [-0.05, 0) is 17.7 Å². The topological polar surface area (TPSA) is 63.2 Å². The van der Waals surface area contributed by atoms with E-state index < -0.39 is 0 Å². The summed E-state index contributed by atoms with van der Waals surface area (Å²) in [6, 6.07) is 3.65. The molecule has 1 atom stereocenters. The molecule has 0 aromatic heterocycles. The number of methoxy groups -OCH3 is 4. The zero-order chi connectivity index (χ0) is 15.8. The lowest BCUT2D eigenvalue weighted by molar-refractivity contribution is -0.141. The first kappa shape index (κ1) is 17.1. The summed E-state index contributed by atoms with van der Waals surface area (Å²) in [5.74, 6) is 1.33. The molecule has 0 aliphatic carbocycles. The van der Waals surface area contributed by atoms with E-state index in [-0.39, 0.29) is 18.7 Å². The Labute approximate surface area is 124 Å². The molecule has 118 valence electrons. The van der Waals surface area contributed by atoms with Crippen molar-refractivity contribution in [2.45, 2.75) is 19.4 Å². The molecule has 0 aliphatic heterocycles. The van der Waals surface area contributed by atoms with Crippen molar-refractivity contribution < 1.29 is 28.5 Å². The van der Waals surface area contributed by atoms with E-state index in [1.165, 1.54) is 6.92 Å². The maximum absolute atomic E-state index is 10.8. The third-order valence-electron chi connectivity index (χ3n) is 3.03. The van der Waals surface area contributed by atoms with Crippen molar-refractivity contribution in [3.63, 3.8) is 0 Å². The molecule has 0 bridgehead atoms. The number of carbonyl (C=O) groups excluding carboxylic acids is 1. The van der Waals surface area contributed by atoms with Crippen LogP contribution in [0.25, 0.3) is 0 Å². The summed E-state index contributed by atoms with van der Waals surface area (Å²) in [7, 11) is 6.26. The zero-order valence-electron chi connectivity index (χ0n) is 13.1. The molecular formula is C15H22O6. The maximum atomic E-state index is 10.8. The molecule has 0 unspecified atom stereocenters. The summed E-state index contributed by atoms with van der Waals surface area (Å²) in [5.41, 5.74) is 0.860. The van der Waals surface area contributed by atoms with E-state index in [1.807, 2.05) is 12.1 Å². The van der Waals surface area contributed by atoms with Crippen molar-refractivity contribution in [1.29, 1.82) is 0 Å². The molecule has 6 nitrogen and oxygen atoms in total. The molecule has 21 heavy (non-hydrogen) atoms. The van der Waals surface area contributed by atoms with Crippen molar-refractivity contribution in [2.24, 2.45) is 0 Å². The van der Waals surface area contributed by atoms with E-state index in [2.05, 4.69) is 0 Å². The van der Waals surface area contributed by atoms with Gasteiger partial charge in [-0.3, -0.25) is 4.79 Å². The second-order valence-electron chi connectivity index (χ2n) is 4.31. The quantitative estimate of drug-likeness (QED) is 0.687. The monoisotopic (exact) mass is 298 g/mol. The largest absolute Gasteiger partial charge is 0.493 e. The van der Waals surface area contributed by atoms with Gasteiger partial charge in [-0.15, -0.1) is 0 Å². The molecule has 0 fully saturated rings. The third kappa shape index (κ3) is 4.53. The SMILES string of the molecule is COc1cc([C@@H](CCOC(C)=O)OC)cc(OC)c1OC. The van der Waals surface area contributed by atoms with E-state index in [4.69, 9.17) is 23.7 Å². The number of benzene rings is 1. The van der Waals surface area contributed by atoms with Crippen LogP contribution in [0.1, 0.15) is 25.0 Å². The van der Waals surface area contributed by atoms with Crippen molar-refractivity contribution >= 4 is 5.97 Å². The normalized spacial score (nSPS) is 11.7. The Morgan fingerprint density at radius 1 is 1.05 bits per heavy atom. The minimum atomic E-state index is -0.310. The predicted octanol–water partition coefficient (Wildman–Crippen LogP) is 2.35. The van der Waals surface area contributed by atoms with Gasteiger partial charge in [-0.1, -0.05) is 0 Å². The van der Waals surface area contributed by atoms with Crippen LogP contribution in [0, 0.1) is 0 Å². The molecule has 0 saturated carbocycles.